The number of likely N-dealkylation sites (N-methyl/N-ethyl adjacent to an activating group) is 1. The predicted octanol–water partition coefficient (Wildman–Crippen LogP) is 2.30. The van der Waals surface area contributed by atoms with E-state index < -0.39 is 0 Å². The number of rotatable bonds is 6. The SMILES string of the molecule is C#CCN(C)CCc1nnn(C(C)c2ccccc2)c1C. The van der Waals surface area contributed by atoms with Crippen molar-refractivity contribution in [2.45, 2.75) is 26.3 Å². The van der Waals surface area contributed by atoms with E-state index in [9.17, 15) is 0 Å². The molecule has 4 nitrogen and oxygen atoms in total. The van der Waals surface area contributed by atoms with E-state index in [4.69, 9.17) is 6.42 Å². The maximum Gasteiger partial charge on any atom is 0.0869 e. The highest BCUT2D eigenvalue weighted by Gasteiger charge is 2.15. The molecule has 0 amide bonds. The van der Waals surface area contributed by atoms with Gasteiger partial charge in [0, 0.05) is 13.0 Å². The summed E-state index contributed by atoms with van der Waals surface area (Å²) in [7, 11) is 2.02. The van der Waals surface area contributed by atoms with Crippen LogP contribution in [0.1, 0.15) is 29.9 Å². The van der Waals surface area contributed by atoms with Crippen LogP contribution in [0.3, 0.4) is 0 Å². The van der Waals surface area contributed by atoms with Crippen molar-refractivity contribution >= 4 is 0 Å². The van der Waals surface area contributed by atoms with E-state index in [1.807, 2.05) is 29.9 Å². The number of hydrogen-bond donors (Lipinski definition) is 0. The van der Waals surface area contributed by atoms with Crippen molar-refractivity contribution in [3.63, 3.8) is 0 Å². The molecule has 1 unspecified atom stereocenters. The average Bonchev–Trinajstić information content (AvgIpc) is 2.87. The van der Waals surface area contributed by atoms with Crippen molar-refractivity contribution in [1.29, 1.82) is 0 Å². The van der Waals surface area contributed by atoms with E-state index in [0.29, 0.717) is 6.54 Å². The van der Waals surface area contributed by atoms with E-state index in [1.165, 1.54) is 5.56 Å². The number of hydrogen-bond acceptors (Lipinski definition) is 3. The maximum atomic E-state index is 5.31. The minimum atomic E-state index is 0.191. The maximum absolute atomic E-state index is 5.31. The summed E-state index contributed by atoms with van der Waals surface area (Å²) in [4.78, 5) is 2.11. The first-order chi connectivity index (χ1) is 10.1. The lowest BCUT2D eigenvalue weighted by Crippen LogP contribution is -2.21. The lowest BCUT2D eigenvalue weighted by atomic mass is 10.1. The number of terminal acetylenes is 1. The summed E-state index contributed by atoms with van der Waals surface area (Å²) in [6.45, 7) is 5.78. The van der Waals surface area contributed by atoms with Gasteiger partial charge in [0.2, 0.25) is 0 Å². The van der Waals surface area contributed by atoms with Crippen LogP contribution in [0.15, 0.2) is 30.3 Å². The summed E-state index contributed by atoms with van der Waals surface area (Å²) in [6.07, 6.45) is 6.18. The molecule has 1 heterocycles. The smallest absolute Gasteiger partial charge is 0.0869 e. The second-order valence-corrected chi connectivity index (χ2v) is 5.34. The van der Waals surface area contributed by atoms with Crippen molar-refractivity contribution in [2.75, 3.05) is 20.1 Å². The van der Waals surface area contributed by atoms with Gasteiger partial charge in [0.1, 0.15) is 0 Å². The molecule has 0 spiro atoms. The number of nitrogens with zero attached hydrogens (tertiary/aromatic N) is 4. The van der Waals surface area contributed by atoms with E-state index in [2.05, 4.69) is 47.1 Å². The molecule has 2 rings (SSSR count). The van der Waals surface area contributed by atoms with Gasteiger partial charge < -0.3 is 0 Å². The monoisotopic (exact) mass is 282 g/mol. The Bertz CT molecular complexity index is 609. The molecule has 0 saturated heterocycles. The third-order valence-electron chi connectivity index (χ3n) is 3.76. The van der Waals surface area contributed by atoms with E-state index in [1.54, 1.807) is 0 Å². The zero-order valence-corrected chi connectivity index (χ0v) is 13.0. The van der Waals surface area contributed by atoms with Crippen molar-refractivity contribution in [2.24, 2.45) is 0 Å². The van der Waals surface area contributed by atoms with Crippen molar-refractivity contribution < 1.29 is 0 Å². The van der Waals surface area contributed by atoms with Crippen molar-refractivity contribution in [3.05, 3.63) is 47.3 Å². The zero-order valence-electron chi connectivity index (χ0n) is 13.0. The predicted molar refractivity (Wildman–Crippen MR) is 85.0 cm³/mol. The number of benzene rings is 1. The van der Waals surface area contributed by atoms with Gasteiger partial charge in [0.15, 0.2) is 0 Å². The van der Waals surface area contributed by atoms with Crippen LogP contribution in [0.2, 0.25) is 0 Å². The molecule has 0 aliphatic rings. The zero-order chi connectivity index (χ0) is 15.2. The van der Waals surface area contributed by atoms with Crippen LogP contribution in [-0.2, 0) is 6.42 Å². The molecule has 0 saturated carbocycles. The molecule has 1 aromatic heterocycles. The standard InChI is InChI=1S/C17H22N4/c1-5-12-20(4)13-11-17-15(3)21(19-18-17)14(2)16-9-7-6-8-10-16/h1,6-10,14H,11-13H2,2-4H3. The molecule has 0 aliphatic heterocycles. The lowest BCUT2D eigenvalue weighted by Gasteiger charge is -2.14. The van der Waals surface area contributed by atoms with Gasteiger partial charge in [-0.25, -0.2) is 4.68 Å². The minimum Gasteiger partial charge on any atom is -0.295 e. The van der Waals surface area contributed by atoms with Gasteiger partial charge in [-0.05, 0) is 26.5 Å². The Balaban J connectivity index is 2.08. The Kier molecular flexibility index (Phi) is 5.13. The van der Waals surface area contributed by atoms with Gasteiger partial charge in [0.05, 0.1) is 24.0 Å². The van der Waals surface area contributed by atoms with Gasteiger partial charge in [-0.2, -0.15) is 0 Å². The Morgan fingerprint density at radius 2 is 2.05 bits per heavy atom. The van der Waals surface area contributed by atoms with Crippen molar-refractivity contribution in [3.8, 4) is 12.3 Å². The summed E-state index contributed by atoms with van der Waals surface area (Å²) >= 11 is 0. The molecule has 0 N–H and O–H groups in total. The van der Waals surface area contributed by atoms with Gasteiger partial charge in [-0.15, -0.1) is 11.5 Å². The van der Waals surface area contributed by atoms with Crippen LogP contribution in [0, 0.1) is 19.3 Å². The van der Waals surface area contributed by atoms with E-state index in [-0.39, 0.29) is 6.04 Å². The Labute approximate surface area is 126 Å². The molecular weight excluding hydrogens is 260 g/mol. The highest BCUT2D eigenvalue weighted by molar-refractivity contribution is 5.21. The second-order valence-electron chi connectivity index (χ2n) is 5.34. The fourth-order valence-electron chi connectivity index (χ4n) is 2.38. The number of aromatic nitrogens is 3. The molecular formula is C17H22N4. The highest BCUT2D eigenvalue weighted by atomic mass is 15.4. The minimum absolute atomic E-state index is 0.191. The molecule has 1 atom stereocenters. The average molecular weight is 282 g/mol. The summed E-state index contributed by atoms with van der Waals surface area (Å²) in [5.74, 6) is 2.65. The third-order valence-corrected chi connectivity index (χ3v) is 3.76. The lowest BCUT2D eigenvalue weighted by molar-refractivity contribution is 0.379. The summed E-state index contributed by atoms with van der Waals surface area (Å²) in [6, 6.07) is 10.5. The summed E-state index contributed by atoms with van der Waals surface area (Å²) in [5.41, 5.74) is 3.41. The Morgan fingerprint density at radius 3 is 2.71 bits per heavy atom. The van der Waals surface area contributed by atoms with Crippen LogP contribution >= 0.6 is 0 Å². The largest absolute Gasteiger partial charge is 0.295 e. The second kappa shape index (κ2) is 7.05. The Hall–Kier alpha value is -2.12. The molecule has 0 radical (unpaired) electrons. The normalized spacial score (nSPS) is 12.3. The van der Waals surface area contributed by atoms with Gasteiger partial charge in [0.25, 0.3) is 0 Å². The van der Waals surface area contributed by atoms with Gasteiger partial charge in [-0.1, -0.05) is 41.5 Å². The van der Waals surface area contributed by atoms with Crippen LogP contribution in [-0.4, -0.2) is 40.0 Å². The molecule has 0 aliphatic carbocycles. The van der Waals surface area contributed by atoms with Gasteiger partial charge in [-0.3, -0.25) is 4.90 Å². The molecule has 2 aromatic rings. The molecule has 4 heteroatoms. The van der Waals surface area contributed by atoms with Crippen LogP contribution < -0.4 is 0 Å². The van der Waals surface area contributed by atoms with E-state index >= 15 is 0 Å². The summed E-state index contributed by atoms with van der Waals surface area (Å²) < 4.78 is 1.99. The quantitative estimate of drug-likeness (QED) is 0.762. The van der Waals surface area contributed by atoms with Crippen LogP contribution in [0.5, 0.6) is 0 Å². The molecule has 0 bridgehead atoms. The van der Waals surface area contributed by atoms with E-state index in [0.717, 1.165) is 24.4 Å². The van der Waals surface area contributed by atoms with Crippen LogP contribution in [0.25, 0.3) is 0 Å². The first-order valence-corrected chi connectivity index (χ1v) is 7.21. The molecule has 110 valence electrons. The third kappa shape index (κ3) is 3.71. The topological polar surface area (TPSA) is 34.0 Å². The fraction of sp³-hybridized carbons (Fsp3) is 0.412. The molecule has 0 fully saturated rings. The fourth-order valence-corrected chi connectivity index (χ4v) is 2.38. The Morgan fingerprint density at radius 1 is 1.33 bits per heavy atom. The summed E-state index contributed by atoms with van der Waals surface area (Å²) in [5, 5.41) is 8.65. The molecule has 21 heavy (non-hydrogen) atoms. The van der Waals surface area contributed by atoms with Gasteiger partial charge >= 0.3 is 0 Å². The first kappa shape index (κ1) is 15.3. The first-order valence-electron chi connectivity index (χ1n) is 7.21. The molecule has 1 aromatic carbocycles. The highest BCUT2D eigenvalue weighted by Crippen LogP contribution is 2.19. The van der Waals surface area contributed by atoms with Crippen molar-refractivity contribution in [1.82, 2.24) is 19.9 Å². The van der Waals surface area contributed by atoms with Crippen LogP contribution in [0.4, 0.5) is 0 Å².